The molecule has 0 aliphatic heterocycles. The van der Waals surface area contributed by atoms with E-state index in [2.05, 4.69) is 64.5 Å². The molecule has 0 bridgehead atoms. The highest BCUT2D eigenvalue weighted by molar-refractivity contribution is 5.64. The highest BCUT2D eigenvalue weighted by Crippen LogP contribution is 2.25. The number of anilines is 4. The summed E-state index contributed by atoms with van der Waals surface area (Å²) in [6, 6.07) is 8.35. The third-order valence-corrected chi connectivity index (χ3v) is 4.05. The number of benzene rings is 1. The van der Waals surface area contributed by atoms with Gasteiger partial charge in [-0.05, 0) is 51.5 Å². The van der Waals surface area contributed by atoms with E-state index in [1.165, 1.54) is 11.3 Å². The third-order valence-electron chi connectivity index (χ3n) is 4.05. The van der Waals surface area contributed by atoms with Crippen LogP contribution in [0.5, 0.6) is 0 Å². The lowest BCUT2D eigenvalue weighted by Crippen LogP contribution is -2.21. The highest BCUT2D eigenvalue weighted by atomic mass is 16.5. The van der Waals surface area contributed by atoms with Gasteiger partial charge in [0, 0.05) is 49.9 Å². The molecule has 6 heteroatoms. The van der Waals surface area contributed by atoms with Crippen LogP contribution in [0.4, 0.5) is 23.1 Å². The van der Waals surface area contributed by atoms with Gasteiger partial charge in [-0.25, -0.2) is 4.98 Å². The first kappa shape index (κ1) is 19.0. The fourth-order valence-electron chi connectivity index (χ4n) is 2.69. The first-order chi connectivity index (χ1) is 12.1. The maximum absolute atomic E-state index is 5.06. The van der Waals surface area contributed by atoms with E-state index in [1.807, 2.05) is 13.0 Å². The van der Waals surface area contributed by atoms with Gasteiger partial charge in [0.2, 0.25) is 5.95 Å². The molecule has 1 aromatic carbocycles. The van der Waals surface area contributed by atoms with Crippen molar-refractivity contribution < 1.29 is 4.74 Å². The van der Waals surface area contributed by atoms with Crippen LogP contribution in [0.1, 0.15) is 25.1 Å². The number of aryl methyl sites for hydroxylation is 2. The molecule has 136 valence electrons. The Kier molecular flexibility index (Phi) is 7.01. The zero-order valence-corrected chi connectivity index (χ0v) is 15.9. The fraction of sp³-hybridized carbons (Fsp3) is 0.474. The molecule has 6 nitrogen and oxygen atoms in total. The zero-order valence-electron chi connectivity index (χ0n) is 15.9. The van der Waals surface area contributed by atoms with Gasteiger partial charge < -0.3 is 20.3 Å². The van der Waals surface area contributed by atoms with E-state index in [1.54, 1.807) is 7.11 Å². The van der Waals surface area contributed by atoms with Crippen molar-refractivity contribution >= 4 is 23.1 Å². The van der Waals surface area contributed by atoms with Crippen molar-refractivity contribution in [2.75, 3.05) is 48.9 Å². The normalized spacial score (nSPS) is 10.6. The number of aromatic nitrogens is 2. The first-order valence-corrected chi connectivity index (χ1v) is 8.78. The minimum atomic E-state index is 0.596. The van der Waals surface area contributed by atoms with Gasteiger partial charge in [0.15, 0.2) is 0 Å². The molecule has 2 N–H and O–H groups in total. The number of rotatable bonds is 9. The van der Waals surface area contributed by atoms with Crippen molar-refractivity contribution in [3.8, 4) is 0 Å². The van der Waals surface area contributed by atoms with Crippen molar-refractivity contribution in [2.24, 2.45) is 0 Å². The van der Waals surface area contributed by atoms with Crippen molar-refractivity contribution in [3.05, 3.63) is 35.5 Å². The summed E-state index contributed by atoms with van der Waals surface area (Å²) in [7, 11) is 1.69. The van der Waals surface area contributed by atoms with E-state index in [4.69, 9.17) is 4.74 Å². The summed E-state index contributed by atoms with van der Waals surface area (Å²) in [4.78, 5) is 11.3. The Bertz CT molecular complexity index is 686. The van der Waals surface area contributed by atoms with Crippen LogP contribution in [-0.4, -0.2) is 43.3 Å². The molecule has 0 atom stereocenters. The van der Waals surface area contributed by atoms with Gasteiger partial charge >= 0.3 is 0 Å². The molecule has 0 saturated carbocycles. The Morgan fingerprint density at radius 3 is 2.48 bits per heavy atom. The van der Waals surface area contributed by atoms with E-state index in [0.717, 1.165) is 30.3 Å². The number of nitrogens with one attached hydrogen (secondary N) is 2. The molecule has 2 rings (SSSR count). The van der Waals surface area contributed by atoms with Gasteiger partial charge in [0.05, 0.1) is 6.61 Å². The monoisotopic (exact) mass is 343 g/mol. The molecule has 2 aromatic rings. The number of hydrogen-bond acceptors (Lipinski definition) is 6. The largest absolute Gasteiger partial charge is 0.383 e. The summed E-state index contributed by atoms with van der Waals surface area (Å²) in [5, 5.41) is 6.58. The minimum Gasteiger partial charge on any atom is -0.383 e. The Morgan fingerprint density at radius 2 is 1.84 bits per heavy atom. The predicted molar refractivity (Wildman–Crippen MR) is 105 cm³/mol. The summed E-state index contributed by atoms with van der Waals surface area (Å²) in [5.74, 6) is 1.39. The number of hydrogen-bond donors (Lipinski definition) is 2. The lowest BCUT2D eigenvalue weighted by atomic mass is 10.1. The third kappa shape index (κ3) is 5.32. The fourth-order valence-corrected chi connectivity index (χ4v) is 2.69. The van der Waals surface area contributed by atoms with Crippen LogP contribution in [-0.2, 0) is 4.74 Å². The Labute approximate surface area is 150 Å². The van der Waals surface area contributed by atoms with Crippen molar-refractivity contribution in [1.82, 2.24) is 9.97 Å². The smallest absolute Gasteiger partial charge is 0.229 e. The molecule has 1 aromatic heterocycles. The summed E-state index contributed by atoms with van der Waals surface area (Å²) < 4.78 is 5.06. The quantitative estimate of drug-likeness (QED) is 0.676. The number of nitrogens with zero attached hydrogens (tertiary/aromatic N) is 3. The molecule has 0 radical (unpaired) electrons. The number of methoxy groups -OCH3 is 1. The van der Waals surface area contributed by atoms with Crippen LogP contribution in [0.3, 0.4) is 0 Å². The molecule has 0 spiro atoms. The van der Waals surface area contributed by atoms with Gasteiger partial charge in [-0.2, -0.15) is 4.98 Å². The van der Waals surface area contributed by atoms with Gasteiger partial charge in [0.25, 0.3) is 0 Å². The standard InChI is InChI=1S/C19H29N5O/c1-6-24(7-2)16-8-9-17(14(3)12-16)22-19-21-15(4)13-18(23-19)20-10-11-25-5/h8-9,12-13H,6-7,10-11H2,1-5H3,(H2,20,21,22,23). The van der Waals surface area contributed by atoms with Gasteiger partial charge in [-0.15, -0.1) is 0 Å². The van der Waals surface area contributed by atoms with Gasteiger partial charge in [0.1, 0.15) is 5.82 Å². The van der Waals surface area contributed by atoms with Gasteiger partial charge in [-0.1, -0.05) is 0 Å². The van der Waals surface area contributed by atoms with Crippen LogP contribution in [0.15, 0.2) is 24.3 Å². The second kappa shape index (κ2) is 9.22. The van der Waals surface area contributed by atoms with Crippen molar-refractivity contribution in [1.29, 1.82) is 0 Å². The Balaban J connectivity index is 2.16. The van der Waals surface area contributed by atoms with Gasteiger partial charge in [-0.3, -0.25) is 0 Å². The molecule has 1 heterocycles. The molecule has 0 unspecified atom stereocenters. The molecule has 0 amide bonds. The lowest BCUT2D eigenvalue weighted by molar-refractivity contribution is 0.210. The average molecular weight is 343 g/mol. The summed E-state index contributed by atoms with van der Waals surface area (Å²) in [6.07, 6.45) is 0. The van der Waals surface area contributed by atoms with Crippen LogP contribution >= 0.6 is 0 Å². The molecule has 0 aliphatic rings. The molecule has 0 saturated heterocycles. The van der Waals surface area contributed by atoms with Crippen molar-refractivity contribution in [2.45, 2.75) is 27.7 Å². The second-order valence-electron chi connectivity index (χ2n) is 5.93. The SMILES string of the molecule is CCN(CC)c1ccc(Nc2nc(C)cc(NCCOC)n2)c(C)c1. The Morgan fingerprint density at radius 1 is 1.08 bits per heavy atom. The Hall–Kier alpha value is -2.34. The van der Waals surface area contributed by atoms with E-state index >= 15 is 0 Å². The highest BCUT2D eigenvalue weighted by Gasteiger charge is 2.07. The summed E-state index contributed by atoms with van der Waals surface area (Å²) in [5.41, 5.74) is 4.34. The van der Waals surface area contributed by atoms with E-state index in [9.17, 15) is 0 Å². The van der Waals surface area contributed by atoms with Crippen LogP contribution < -0.4 is 15.5 Å². The summed E-state index contributed by atoms with van der Waals surface area (Å²) in [6.45, 7) is 11.8. The molecular weight excluding hydrogens is 314 g/mol. The molecule has 0 aliphatic carbocycles. The molecular formula is C19H29N5O. The topological polar surface area (TPSA) is 62.3 Å². The van der Waals surface area contributed by atoms with Crippen LogP contribution in [0.25, 0.3) is 0 Å². The van der Waals surface area contributed by atoms with Crippen LogP contribution in [0, 0.1) is 13.8 Å². The maximum atomic E-state index is 5.06. The molecule has 25 heavy (non-hydrogen) atoms. The lowest BCUT2D eigenvalue weighted by Gasteiger charge is -2.22. The van der Waals surface area contributed by atoms with Crippen molar-refractivity contribution in [3.63, 3.8) is 0 Å². The number of ether oxygens (including phenoxy) is 1. The molecule has 0 fully saturated rings. The van der Waals surface area contributed by atoms with E-state index < -0.39 is 0 Å². The average Bonchev–Trinajstić information content (AvgIpc) is 2.58. The summed E-state index contributed by atoms with van der Waals surface area (Å²) >= 11 is 0. The van der Waals surface area contributed by atoms with Crippen LogP contribution in [0.2, 0.25) is 0 Å². The van der Waals surface area contributed by atoms with E-state index in [-0.39, 0.29) is 0 Å². The predicted octanol–water partition coefficient (Wildman–Crippen LogP) is 3.74. The first-order valence-electron chi connectivity index (χ1n) is 8.78. The zero-order chi connectivity index (χ0) is 18.2. The second-order valence-corrected chi connectivity index (χ2v) is 5.93. The van der Waals surface area contributed by atoms with E-state index in [0.29, 0.717) is 19.1 Å². The minimum absolute atomic E-state index is 0.596. The maximum Gasteiger partial charge on any atom is 0.229 e.